The van der Waals surface area contributed by atoms with E-state index in [4.69, 9.17) is 34.3 Å². The van der Waals surface area contributed by atoms with Gasteiger partial charge in [-0.05, 0) is 104 Å². The molecule has 27 heteroatoms. The fourth-order valence-electron chi connectivity index (χ4n) is 7.96. The van der Waals surface area contributed by atoms with Crippen LogP contribution in [0.25, 0.3) is 0 Å². The number of hydrogen-bond donors (Lipinski definition) is 13. The highest BCUT2D eigenvalue weighted by Gasteiger charge is 2.32. The first-order valence-corrected chi connectivity index (χ1v) is 25.3. The van der Waals surface area contributed by atoms with E-state index in [1.165, 1.54) is 58.2 Å². The van der Waals surface area contributed by atoms with Gasteiger partial charge < -0.3 is 81.6 Å². The molecule has 27 nitrogen and oxygen atoms in total. The number of nitrogens with zero attached hydrogens (tertiary/aromatic N) is 3. The fourth-order valence-corrected chi connectivity index (χ4v) is 7.96. The number of aromatic hydroxyl groups is 3. The summed E-state index contributed by atoms with van der Waals surface area (Å²) < 4.78 is 16.0. The number of amides is 4. The van der Waals surface area contributed by atoms with Gasteiger partial charge in [0.25, 0.3) is 0 Å². The Balaban J connectivity index is 1.55. The quantitative estimate of drug-likeness (QED) is 0.0232. The van der Waals surface area contributed by atoms with Crippen LogP contribution in [0.2, 0.25) is 0 Å². The zero-order chi connectivity index (χ0) is 60.4. The number of carboxylic acid groups (broad SMARTS) is 5. The van der Waals surface area contributed by atoms with Gasteiger partial charge in [0.1, 0.15) is 58.7 Å². The number of carbonyl (C=O) groups excluding carboxylic acids is 3. The van der Waals surface area contributed by atoms with Gasteiger partial charge in [0, 0.05) is 79.0 Å². The third-order valence-electron chi connectivity index (χ3n) is 12.3. The van der Waals surface area contributed by atoms with Gasteiger partial charge in [-0.15, -0.1) is 0 Å². The predicted octanol–water partition coefficient (Wildman–Crippen LogP) is 3.29. The summed E-state index contributed by atoms with van der Waals surface area (Å²) in [6, 6.07) is 12.8. The average Bonchev–Trinajstić information content (AvgIpc) is 3.48. The van der Waals surface area contributed by atoms with Gasteiger partial charge in [-0.1, -0.05) is 12.1 Å². The van der Waals surface area contributed by atoms with Gasteiger partial charge in [0.15, 0.2) is 0 Å². The number of carboxylic acids is 5. The van der Waals surface area contributed by atoms with E-state index in [2.05, 4.69) is 21.3 Å². The van der Waals surface area contributed by atoms with Crippen LogP contribution in [0.1, 0.15) is 67.2 Å². The average molecular weight is 1140 g/mol. The fraction of sp³-hybridized carbons (Fsp3) is 0.364. The van der Waals surface area contributed by atoms with Crippen LogP contribution in [0.5, 0.6) is 34.5 Å². The molecule has 0 bridgehead atoms. The van der Waals surface area contributed by atoms with Crippen molar-refractivity contribution in [3.63, 3.8) is 0 Å². The topological polar surface area (TPSA) is 423 Å². The Morgan fingerprint density at radius 2 is 0.963 bits per heavy atom. The van der Waals surface area contributed by atoms with Crippen molar-refractivity contribution in [3.05, 3.63) is 101 Å². The van der Waals surface area contributed by atoms with Crippen molar-refractivity contribution in [2.45, 2.75) is 75.5 Å². The van der Waals surface area contributed by atoms with E-state index in [0.717, 1.165) is 0 Å². The summed E-state index contributed by atoms with van der Waals surface area (Å²) >= 11 is 0. The molecule has 13 N–H and O–H groups in total. The van der Waals surface area contributed by atoms with Crippen molar-refractivity contribution >= 4 is 72.0 Å². The highest BCUT2D eigenvalue weighted by atomic mass is 16.5. The normalized spacial score (nSPS) is 13.5. The molecule has 82 heavy (non-hydrogen) atoms. The number of nitrogens with one attached hydrogen (secondary N) is 5. The molecule has 0 aromatic heterocycles. The highest BCUT2D eigenvalue weighted by Crippen LogP contribution is 2.30. The van der Waals surface area contributed by atoms with E-state index >= 15 is 0 Å². The number of unbranched alkanes of at least 4 members (excludes halogenated alkanes) is 1. The number of urea groups is 1. The summed E-state index contributed by atoms with van der Waals surface area (Å²) in [6.45, 7) is -0.0875. The molecular formula is C55H66N8O19. The SMILES string of the molecule is COc1ccc(O)c(C=NCC(C/N=C\c2cc(OC)ccc2O)(C/N=C/c2cc(OC)ccc2O)Cc2ccc(NC(CC(=O)O)C(=O)NC(CC(=O)O)C(=O)NCCCCC(NC(=O)NC(CCC(=O)O)C(=O)O)C(=O)O)cc2)c1. The maximum Gasteiger partial charge on any atom is 0.326 e. The molecule has 4 aromatic carbocycles. The predicted molar refractivity (Wildman–Crippen MR) is 296 cm³/mol. The molecule has 0 aliphatic carbocycles. The number of aliphatic imine (C=N–C) groups is 3. The van der Waals surface area contributed by atoms with Crippen LogP contribution >= 0.6 is 0 Å². The Morgan fingerprint density at radius 3 is 1.38 bits per heavy atom. The minimum atomic E-state index is -1.71. The van der Waals surface area contributed by atoms with Crippen LogP contribution in [-0.4, -0.2) is 179 Å². The van der Waals surface area contributed by atoms with Crippen molar-refractivity contribution in [1.82, 2.24) is 21.3 Å². The number of hydrogen-bond acceptors (Lipinski definition) is 18. The zero-order valence-electron chi connectivity index (χ0n) is 44.9. The van der Waals surface area contributed by atoms with Crippen molar-refractivity contribution in [3.8, 4) is 34.5 Å². The van der Waals surface area contributed by atoms with Gasteiger partial charge in [-0.3, -0.25) is 38.9 Å². The summed E-state index contributed by atoms with van der Waals surface area (Å²) in [4.78, 5) is 112. The molecule has 0 fully saturated rings. The Kier molecular flexibility index (Phi) is 25.4. The van der Waals surface area contributed by atoms with Gasteiger partial charge in [0.2, 0.25) is 11.8 Å². The molecular weight excluding hydrogens is 1080 g/mol. The minimum absolute atomic E-state index is 0.0268. The number of aliphatic carboxylic acids is 5. The number of phenolic OH excluding ortho intramolecular Hbond substituents is 3. The monoisotopic (exact) mass is 1140 g/mol. The van der Waals surface area contributed by atoms with E-state index < -0.39 is 103 Å². The number of benzene rings is 4. The van der Waals surface area contributed by atoms with E-state index in [0.29, 0.717) is 39.5 Å². The summed E-state index contributed by atoms with van der Waals surface area (Å²) in [5, 5.41) is 90.9. The second-order valence-electron chi connectivity index (χ2n) is 18.6. The molecule has 0 heterocycles. The van der Waals surface area contributed by atoms with Crippen molar-refractivity contribution in [2.24, 2.45) is 20.4 Å². The molecule has 0 radical (unpaired) electrons. The Hall–Kier alpha value is -9.95. The van der Waals surface area contributed by atoms with E-state index in [-0.39, 0.29) is 74.8 Å². The van der Waals surface area contributed by atoms with Crippen LogP contribution in [0.4, 0.5) is 10.5 Å². The Bertz CT molecular complexity index is 2810. The van der Waals surface area contributed by atoms with Crippen molar-refractivity contribution in [2.75, 3.05) is 52.8 Å². The molecule has 0 saturated carbocycles. The summed E-state index contributed by atoms with van der Waals surface area (Å²) in [7, 11) is 4.42. The second kappa shape index (κ2) is 32.2. The lowest BCUT2D eigenvalue weighted by Gasteiger charge is -2.30. The molecule has 0 spiro atoms. The molecule has 5 unspecified atom stereocenters. The number of rotatable bonds is 35. The van der Waals surface area contributed by atoms with Gasteiger partial charge in [-0.25, -0.2) is 14.4 Å². The van der Waals surface area contributed by atoms with Crippen LogP contribution < -0.4 is 40.8 Å². The summed E-state index contributed by atoms with van der Waals surface area (Å²) in [5.74, 6) is -8.08. The summed E-state index contributed by atoms with van der Waals surface area (Å²) in [6.07, 6.45) is 1.73. The zero-order valence-corrected chi connectivity index (χ0v) is 44.9. The molecule has 4 rings (SSSR count). The molecule has 5 atom stereocenters. The smallest absolute Gasteiger partial charge is 0.326 e. The third kappa shape index (κ3) is 21.7. The van der Waals surface area contributed by atoms with Gasteiger partial charge in [-0.2, -0.15) is 0 Å². The minimum Gasteiger partial charge on any atom is -0.507 e. The molecule has 4 aromatic rings. The lowest BCUT2D eigenvalue weighted by atomic mass is 9.81. The number of anilines is 1. The number of methoxy groups -OCH3 is 3. The van der Waals surface area contributed by atoms with E-state index in [1.54, 1.807) is 60.7 Å². The molecule has 0 aliphatic rings. The third-order valence-corrected chi connectivity index (χ3v) is 12.3. The lowest BCUT2D eigenvalue weighted by Crippen LogP contribution is -2.52. The van der Waals surface area contributed by atoms with Crippen LogP contribution in [-0.2, 0) is 40.0 Å². The van der Waals surface area contributed by atoms with Gasteiger partial charge >= 0.3 is 35.9 Å². The van der Waals surface area contributed by atoms with Crippen LogP contribution in [0, 0.1) is 5.41 Å². The number of ether oxygens (including phenoxy) is 3. The van der Waals surface area contributed by atoms with E-state index in [1.807, 2.05) is 5.32 Å². The van der Waals surface area contributed by atoms with Gasteiger partial charge in [0.05, 0.1) is 34.2 Å². The summed E-state index contributed by atoms with van der Waals surface area (Å²) in [5.41, 5.74) is 0.956. The Labute approximate surface area is 469 Å². The second-order valence-corrected chi connectivity index (χ2v) is 18.6. The Morgan fingerprint density at radius 1 is 0.524 bits per heavy atom. The molecule has 0 saturated heterocycles. The molecule has 4 amide bonds. The highest BCUT2D eigenvalue weighted by molar-refractivity contribution is 5.95. The maximum atomic E-state index is 13.7. The molecule has 0 aliphatic heterocycles. The van der Waals surface area contributed by atoms with Crippen LogP contribution in [0.15, 0.2) is 93.8 Å². The standard InChI is InChI=1S/C55H66N8O19/c1-80-37-11-15-44(64)33(20-37)26-56-29-55(30-57-27-34-21-38(81-2)12-16-45(34)65,31-58-28-35-22-39(82-3)13-17-46(35)66)25-32-7-9-36(10-8-32)60-43(24-49(71)72)51(74)61-42(23-48(69)70)50(73)59-19-5-4-6-40(52(75)76)62-54(79)63-41(53(77)78)14-18-47(67)68/h7-13,15-17,20-22,26-28,40-43,60,64-66H,4-6,14,18-19,23-25,29-31H2,1-3H3,(H,59,73)(H,61,74)(H,67,68)(H,69,70)(H,71,72)(H,75,76)(H,77,78)(H2,62,63,79)/b56-26-,57-27+,58-28?. The van der Waals surface area contributed by atoms with Crippen LogP contribution in [0.3, 0.4) is 0 Å². The molecule has 440 valence electrons. The first-order chi connectivity index (χ1) is 39.0. The van der Waals surface area contributed by atoms with Crippen molar-refractivity contribution in [1.29, 1.82) is 0 Å². The largest absolute Gasteiger partial charge is 0.507 e. The van der Waals surface area contributed by atoms with E-state index in [9.17, 15) is 74.1 Å². The number of carbonyl (C=O) groups is 8. The first-order valence-electron chi connectivity index (χ1n) is 25.3. The number of phenols is 3. The first kappa shape index (κ1) is 64.6. The van der Waals surface area contributed by atoms with Crippen molar-refractivity contribution < 1.29 is 93.4 Å². The maximum absolute atomic E-state index is 13.7. The lowest BCUT2D eigenvalue weighted by molar-refractivity contribution is -0.142.